The van der Waals surface area contributed by atoms with Gasteiger partial charge in [-0.3, -0.25) is 9.63 Å². The normalized spacial score (nSPS) is 21.2. The Morgan fingerprint density at radius 2 is 1.61 bits per heavy atom. The minimum Gasteiger partial charge on any atom is -0.334 e. The zero-order valence-corrected chi connectivity index (χ0v) is 15.1. The first-order valence-electron chi connectivity index (χ1n) is 8.84. The predicted octanol–water partition coefficient (Wildman–Crippen LogP) is 4.19. The van der Waals surface area contributed by atoms with E-state index in [2.05, 4.69) is 45.1 Å². The van der Waals surface area contributed by atoms with Crippen LogP contribution in [-0.4, -0.2) is 22.2 Å². The van der Waals surface area contributed by atoms with Gasteiger partial charge < -0.3 is 5.32 Å². The number of benzene rings is 1. The summed E-state index contributed by atoms with van der Waals surface area (Å²) in [5.41, 5.74) is 0.107. The Morgan fingerprint density at radius 3 is 2.09 bits per heavy atom. The third kappa shape index (κ3) is 2.90. The summed E-state index contributed by atoms with van der Waals surface area (Å²) in [7, 11) is 0. The second-order valence-electron chi connectivity index (χ2n) is 6.38. The quantitative estimate of drug-likeness (QED) is 0.820. The summed E-state index contributed by atoms with van der Waals surface area (Å²) in [6, 6.07) is 10.2. The molecule has 1 aromatic carbocycles. The SMILES string of the molecule is CCC1(CC)NC(=O)C(CC)(CC)N1OC(C)c1ccccc1. The minimum atomic E-state index is -0.588. The molecule has 1 atom stereocenters. The lowest BCUT2D eigenvalue weighted by molar-refractivity contribution is -0.284. The van der Waals surface area contributed by atoms with Crippen molar-refractivity contribution in [3.8, 4) is 0 Å². The molecule has 1 heterocycles. The van der Waals surface area contributed by atoms with Crippen LogP contribution < -0.4 is 5.32 Å². The lowest BCUT2D eigenvalue weighted by Crippen LogP contribution is -2.56. The molecular weight excluding hydrogens is 288 g/mol. The van der Waals surface area contributed by atoms with Crippen molar-refractivity contribution in [1.82, 2.24) is 10.4 Å². The van der Waals surface area contributed by atoms with Crippen molar-refractivity contribution in [2.24, 2.45) is 0 Å². The molecule has 128 valence electrons. The van der Waals surface area contributed by atoms with Crippen molar-refractivity contribution in [3.63, 3.8) is 0 Å². The smallest absolute Gasteiger partial charge is 0.244 e. The fraction of sp³-hybridized carbons (Fsp3) is 0.632. The fourth-order valence-corrected chi connectivity index (χ4v) is 3.60. The molecule has 0 bridgehead atoms. The molecule has 1 saturated heterocycles. The summed E-state index contributed by atoms with van der Waals surface area (Å²) in [5.74, 6) is 0.0893. The van der Waals surface area contributed by atoms with E-state index in [-0.39, 0.29) is 12.0 Å². The van der Waals surface area contributed by atoms with Crippen LogP contribution in [0.5, 0.6) is 0 Å². The molecule has 0 aromatic heterocycles. The number of nitrogens with one attached hydrogen (secondary N) is 1. The van der Waals surface area contributed by atoms with E-state index in [0.29, 0.717) is 0 Å². The second kappa shape index (κ2) is 7.02. The van der Waals surface area contributed by atoms with Gasteiger partial charge in [0.1, 0.15) is 17.3 Å². The molecule has 1 amide bonds. The van der Waals surface area contributed by atoms with Gasteiger partial charge in [-0.25, -0.2) is 0 Å². The Kier molecular flexibility index (Phi) is 5.48. The van der Waals surface area contributed by atoms with Gasteiger partial charge in [0.25, 0.3) is 0 Å². The van der Waals surface area contributed by atoms with E-state index < -0.39 is 11.2 Å². The molecule has 0 radical (unpaired) electrons. The molecule has 2 rings (SSSR count). The average molecular weight is 318 g/mol. The summed E-state index contributed by atoms with van der Waals surface area (Å²) in [4.78, 5) is 19.2. The van der Waals surface area contributed by atoms with E-state index in [9.17, 15) is 4.79 Å². The second-order valence-corrected chi connectivity index (χ2v) is 6.38. The van der Waals surface area contributed by atoms with Crippen molar-refractivity contribution in [1.29, 1.82) is 0 Å². The Balaban J connectivity index is 2.38. The van der Waals surface area contributed by atoms with Crippen molar-refractivity contribution in [3.05, 3.63) is 35.9 Å². The summed E-state index contributed by atoms with van der Waals surface area (Å²) < 4.78 is 0. The topological polar surface area (TPSA) is 41.6 Å². The largest absolute Gasteiger partial charge is 0.334 e. The van der Waals surface area contributed by atoms with Crippen molar-refractivity contribution >= 4 is 5.91 Å². The first-order valence-corrected chi connectivity index (χ1v) is 8.84. The Morgan fingerprint density at radius 1 is 1.04 bits per heavy atom. The summed E-state index contributed by atoms with van der Waals surface area (Å²) in [6.07, 6.45) is 3.01. The maximum Gasteiger partial charge on any atom is 0.244 e. The number of hydrogen-bond donors (Lipinski definition) is 1. The summed E-state index contributed by atoms with van der Waals surface area (Å²) in [6.45, 7) is 10.4. The van der Waals surface area contributed by atoms with Crippen molar-refractivity contribution in [2.45, 2.75) is 77.6 Å². The van der Waals surface area contributed by atoms with Crippen LogP contribution in [0.2, 0.25) is 0 Å². The third-order valence-electron chi connectivity index (χ3n) is 5.42. The highest BCUT2D eigenvalue weighted by Crippen LogP contribution is 2.42. The molecule has 0 saturated carbocycles. The highest BCUT2D eigenvalue weighted by Gasteiger charge is 2.59. The Bertz CT molecular complexity index is 521. The van der Waals surface area contributed by atoms with Gasteiger partial charge in [-0.05, 0) is 38.2 Å². The third-order valence-corrected chi connectivity index (χ3v) is 5.42. The molecule has 23 heavy (non-hydrogen) atoms. The number of rotatable bonds is 7. The summed E-state index contributed by atoms with van der Waals surface area (Å²) >= 11 is 0. The number of nitrogens with zero attached hydrogens (tertiary/aromatic N) is 1. The molecule has 0 aliphatic carbocycles. The van der Waals surface area contributed by atoms with Crippen LogP contribution in [0, 0.1) is 0 Å². The van der Waals surface area contributed by atoms with Gasteiger partial charge in [0.05, 0.1) is 0 Å². The van der Waals surface area contributed by atoms with Gasteiger partial charge in [0.2, 0.25) is 5.91 Å². The van der Waals surface area contributed by atoms with Gasteiger partial charge >= 0.3 is 0 Å². The fourth-order valence-electron chi connectivity index (χ4n) is 3.60. The van der Waals surface area contributed by atoms with Gasteiger partial charge in [-0.1, -0.05) is 58.0 Å². The maximum atomic E-state index is 12.8. The number of hydroxylamine groups is 2. The number of amides is 1. The van der Waals surface area contributed by atoms with Crippen LogP contribution in [0.1, 0.15) is 72.0 Å². The first-order chi connectivity index (χ1) is 11.0. The standard InChI is InChI=1S/C19H30N2O2/c1-6-18(7-2)17(22)20-19(8-3,9-4)21(18)23-15(5)16-13-11-10-12-14-16/h10-15H,6-9H2,1-5H3,(H,20,22). The molecule has 4 nitrogen and oxygen atoms in total. The molecule has 1 aromatic rings. The van der Waals surface area contributed by atoms with E-state index in [1.165, 1.54) is 0 Å². The lowest BCUT2D eigenvalue weighted by atomic mass is 9.91. The number of hydrogen-bond acceptors (Lipinski definition) is 3. The highest BCUT2D eigenvalue weighted by molar-refractivity contribution is 5.89. The zero-order chi connectivity index (χ0) is 17.1. The van der Waals surface area contributed by atoms with Gasteiger partial charge in [0, 0.05) is 0 Å². The summed E-state index contributed by atoms with van der Waals surface area (Å²) in [5, 5.41) is 5.21. The van der Waals surface area contributed by atoms with Crippen molar-refractivity contribution in [2.75, 3.05) is 0 Å². The number of carbonyl (C=O) groups is 1. The molecule has 1 unspecified atom stereocenters. The monoisotopic (exact) mass is 318 g/mol. The minimum absolute atomic E-state index is 0.0893. The van der Waals surface area contributed by atoms with Gasteiger partial charge in [-0.15, -0.1) is 5.06 Å². The molecular formula is C19H30N2O2. The lowest BCUT2D eigenvalue weighted by Gasteiger charge is -2.43. The molecule has 4 heteroatoms. The van der Waals surface area contributed by atoms with E-state index in [1.807, 2.05) is 30.2 Å². The first kappa shape index (κ1) is 18.0. The van der Waals surface area contributed by atoms with Crippen LogP contribution in [0.4, 0.5) is 0 Å². The van der Waals surface area contributed by atoms with Crippen LogP contribution in [0.3, 0.4) is 0 Å². The van der Waals surface area contributed by atoms with Gasteiger partial charge in [0.15, 0.2) is 0 Å². The average Bonchev–Trinajstić information content (AvgIpc) is 2.84. The predicted molar refractivity (Wildman–Crippen MR) is 92.5 cm³/mol. The number of carbonyl (C=O) groups excluding carboxylic acids is 1. The highest BCUT2D eigenvalue weighted by atomic mass is 16.7. The van der Waals surface area contributed by atoms with Crippen molar-refractivity contribution < 1.29 is 9.63 Å². The van der Waals surface area contributed by atoms with Gasteiger partial charge in [-0.2, -0.15) is 0 Å². The Labute approximate surface area is 140 Å². The van der Waals surface area contributed by atoms with E-state index in [0.717, 1.165) is 31.2 Å². The maximum absolute atomic E-state index is 12.8. The Hall–Kier alpha value is -1.39. The molecule has 1 fully saturated rings. The van der Waals surface area contributed by atoms with E-state index in [1.54, 1.807) is 0 Å². The van der Waals surface area contributed by atoms with E-state index >= 15 is 0 Å². The van der Waals surface area contributed by atoms with E-state index in [4.69, 9.17) is 4.84 Å². The molecule has 1 aliphatic heterocycles. The zero-order valence-electron chi connectivity index (χ0n) is 15.1. The molecule has 0 spiro atoms. The van der Waals surface area contributed by atoms with Crippen LogP contribution in [-0.2, 0) is 9.63 Å². The van der Waals surface area contributed by atoms with Crippen LogP contribution >= 0.6 is 0 Å². The van der Waals surface area contributed by atoms with Crippen LogP contribution in [0.25, 0.3) is 0 Å². The molecule has 1 aliphatic rings. The van der Waals surface area contributed by atoms with Crippen LogP contribution in [0.15, 0.2) is 30.3 Å². The molecule has 1 N–H and O–H groups in total.